The second-order valence-electron chi connectivity index (χ2n) is 5.67. The smallest absolute Gasteiger partial charge is 0.385 e. The molecular formula is C18H21F3N2. The largest absolute Gasteiger partial charge is 0.416 e. The standard InChI is InChI=1S/C18H21F3N2/c1-23(2)17-11-9-16(10-12-17)22-13-3-4-14-5-7-15(8-6-14)18(19,20)21/h5-12,22H,3-4,13H2,1-2H3. The molecule has 0 spiro atoms. The molecule has 2 aromatic carbocycles. The molecule has 0 fully saturated rings. The van der Waals surface area contributed by atoms with Gasteiger partial charge in [-0.1, -0.05) is 12.1 Å². The van der Waals surface area contributed by atoms with Crippen LogP contribution < -0.4 is 10.2 Å². The van der Waals surface area contributed by atoms with Crippen LogP contribution >= 0.6 is 0 Å². The first kappa shape index (κ1) is 17.2. The Bertz CT molecular complexity index is 602. The van der Waals surface area contributed by atoms with Crippen molar-refractivity contribution in [2.24, 2.45) is 0 Å². The van der Waals surface area contributed by atoms with Crippen molar-refractivity contribution in [3.05, 3.63) is 59.7 Å². The molecule has 0 aliphatic carbocycles. The number of hydrogen-bond acceptors (Lipinski definition) is 2. The summed E-state index contributed by atoms with van der Waals surface area (Å²) in [6.45, 7) is 0.780. The second kappa shape index (κ2) is 7.40. The van der Waals surface area contributed by atoms with Crippen LogP contribution in [0.5, 0.6) is 0 Å². The highest BCUT2D eigenvalue weighted by Crippen LogP contribution is 2.29. The fourth-order valence-corrected chi connectivity index (χ4v) is 2.26. The van der Waals surface area contributed by atoms with Crippen LogP contribution in [0.3, 0.4) is 0 Å². The summed E-state index contributed by atoms with van der Waals surface area (Å²) in [7, 11) is 3.99. The SMILES string of the molecule is CN(C)c1ccc(NCCCc2ccc(C(F)(F)F)cc2)cc1. The summed E-state index contributed by atoms with van der Waals surface area (Å²) in [4.78, 5) is 2.04. The van der Waals surface area contributed by atoms with Gasteiger partial charge in [-0.2, -0.15) is 13.2 Å². The summed E-state index contributed by atoms with van der Waals surface area (Å²) in [5, 5.41) is 3.32. The first-order valence-corrected chi connectivity index (χ1v) is 7.53. The summed E-state index contributed by atoms with van der Waals surface area (Å²) in [6, 6.07) is 13.5. The molecule has 0 aliphatic heterocycles. The van der Waals surface area contributed by atoms with Crippen LogP contribution in [0.4, 0.5) is 24.5 Å². The van der Waals surface area contributed by atoms with Crippen LogP contribution in [0.25, 0.3) is 0 Å². The van der Waals surface area contributed by atoms with Gasteiger partial charge in [0.2, 0.25) is 0 Å². The summed E-state index contributed by atoms with van der Waals surface area (Å²) >= 11 is 0. The Hall–Kier alpha value is -2.17. The van der Waals surface area contributed by atoms with E-state index >= 15 is 0 Å². The zero-order valence-electron chi connectivity index (χ0n) is 13.3. The quantitative estimate of drug-likeness (QED) is 0.767. The third-order valence-corrected chi connectivity index (χ3v) is 3.64. The molecule has 0 saturated carbocycles. The van der Waals surface area contributed by atoms with Crippen molar-refractivity contribution < 1.29 is 13.2 Å². The molecule has 0 radical (unpaired) electrons. The molecular weight excluding hydrogens is 301 g/mol. The molecule has 2 aromatic rings. The Kier molecular flexibility index (Phi) is 5.53. The van der Waals surface area contributed by atoms with Gasteiger partial charge in [-0.25, -0.2) is 0 Å². The number of hydrogen-bond donors (Lipinski definition) is 1. The maximum absolute atomic E-state index is 12.5. The first-order valence-electron chi connectivity index (χ1n) is 7.53. The van der Waals surface area contributed by atoms with Gasteiger partial charge in [0.15, 0.2) is 0 Å². The number of benzene rings is 2. The maximum Gasteiger partial charge on any atom is 0.416 e. The number of nitrogens with one attached hydrogen (secondary N) is 1. The average molecular weight is 322 g/mol. The summed E-state index contributed by atoms with van der Waals surface area (Å²) < 4.78 is 37.4. The lowest BCUT2D eigenvalue weighted by molar-refractivity contribution is -0.137. The molecule has 5 heteroatoms. The van der Waals surface area contributed by atoms with Crippen molar-refractivity contribution >= 4 is 11.4 Å². The number of rotatable bonds is 6. The number of anilines is 2. The van der Waals surface area contributed by atoms with Crippen molar-refractivity contribution in [3.8, 4) is 0 Å². The Balaban J connectivity index is 1.77. The van der Waals surface area contributed by atoms with Gasteiger partial charge in [-0.05, 0) is 54.8 Å². The van der Waals surface area contributed by atoms with Gasteiger partial charge < -0.3 is 10.2 Å². The normalized spacial score (nSPS) is 11.3. The van der Waals surface area contributed by atoms with E-state index in [1.165, 1.54) is 0 Å². The third kappa shape index (κ3) is 5.20. The molecule has 0 heterocycles. The number of aryl methyl sites for hydroxylation is 1. The highest BCUT2D eigenvalue weighted by molar-refractivity contribution is 5.54. The molecule has 2 nitrogen and oxygen atoms in total. The van der Waals surface area contributed by atoms with Gasteiger partial charge in [-0.3, -0.25) is 0 Å². The van der Waals surface area contributed by atoms with Crippen molar-refractivity contribution in [1.82, 2.24) is 0 Å². The van der Waals surface area contributed by atoms with Crippen LogP contribution in [0.15, 0.2) is 48.5 Å². The molecule has 0 aromatic heterocycles. The van der Waals surface area contributed by atoms with Crippen LogP contribution in [0.2, 0.25) is 0 Å². The monoisotopic (exact) mass is 322 g/mol. The number of halogens is 3. The predicted molar refractivity (Wildman–Crippen MR) is 89.0 cm³/mol. The molecule has 0 bridgehead atoms. The lowest BCUT2D eigenvalue weighted by Crippen LogP contribution is -2.08. The fourth-order valence-electron chi connectivity index (χ4n) is 2.26. The first-order chi connectivity index (χ1) is 10.9. The predicted octanol–water partition coefficient (Wildman–Crippen LogP) is 4.82. The minimum Gasteiger partial charge on any atom is -0.385 e. The van der Waals surface area contributed by atoms with Gasteiger partial charge in [-0.15, -0.1) is 0 Å². The Morgan fingerprint density at radius 1 is 0.913 bits per heavy atom. The van der Waals surface area contributed by atoms with Crippen LogP contribution in [0, 0.1) is 0 Å². The summed E-state index contributed by atoms with van der Waals surface area (Å²) in [6.07, 6.45) is -2.65. The fraction of sp³-hybridized carbons (Fsp3) is 0.333. The van der Waals surface area contributed by atoms with Gasteiger partial charge in [0.05, 0.1) is 5.56 Å². The zero-order chi connectivity index (χ0) is 16.9. The van der Waals surface area contributed by atoms with E-state index in [2.05, 4.69) is 5.32 Å². The molecule has 124 valence electrons. The summed E-state index contributed by atoms with van der Waals surface area (Å²) in [5.74, 6) is 0. The molecule has 0 atom stereocenters. The van der Waals surface area contributed by atoms with E-state index in [1.54, 1.807) is 12.1 Å². The highest BCUT2D eigenvalue weighted by atomic mass is 19.4. The third-order valence-electron chi connectivity index (χ3n) is 3.64. The van der Waals surface area contributed by atoms with Crippen LogP contribution in [0.1, 0.15) is 17.5 Å². The zero-order valence-corrected chi connectivity index (χ0v) is 13.3. The van der Waals surface area contributed by atoms with Crippen molar-refractivity contribution in [2.75, 3.05) is 30.9 Å². The van der Waals surface area contributed by atoms with E-state index in [0.717, 1.165) is 48.5 Å². The van der Waals surface area contributed by atoms with E-state index in [-0.39, 0.29) is 0 Å². The minimum atomic E-state index is -4.27. The van der Waals surface area contributed by atoms with Crippen molar-refractivity contribution in [1.29, 1.82) is 0 Å². The average Bonchev–Trinajstić information content (AvgIpc) is 2.51. The Labute approximate surface area is 134 Å². The topological polar surface area (TPSA) is 15.3 Å². The van der Waals surface area contributed by atoms with Crippen molar-refractivity contribution in [3.63, 3.8) is 0 Å². The molecule has 1 N–H and O–H groups in total. The molecule has 0 unspecified atom stereocenters. The molecule has 0 aliphatic rings. The molecule has 23 heavy (non-hydrogen) atoms. The summed E-state index contributed by atoms with van der Waals surface area (Å²) in [5.41, 5.74) is 2.51. The molecule has 0 amide bonds. The van der Waals surface area contributed by atoms with Gasteiger partial charge in [0, 0.05) is 32.0 Å². The van der Waals surface area contributed by atoms with Gasteiger partial charge in [0.1, 0.15) is 0 Å². The van der Waals surface area contributed by atoms with E-state index in [0.29, 0.717) is 0 Å². The Morgan fingerprint density at radius 3 is 2.04 bits per heavy atom. The van der Waals surface area contributed by atoms with E-state index in [1.807, 2.05) is 43.3 Å². The van der Waals surface area contributed by atoms with E-state index in [4.69, 9.17) is 0 Å². The van der Waals surface area contributed by atoms with E-state index < -0.39 is 11.7 Å². The van der Waals surface area contributed by atoms with Crippen LogP contribution in [-0.4, -0.2) is 20.6 Å². The molecule has 0 saturated heterocycles. The number of alkyl halides is 3. The lowest BCUT2D eigenvalue weighted by Gasteiger charge is -2.13. The van der Waals surface area contributed by atoms with Gasteiger partial charge >= 0.3 is 6.18 Å². The lowest BCUT2D eigenvalue weighted by atomic mass is 10.1. The van der Waals surface area contributed by atoms with Gasteiger partial charge in [0.25, 0.3) is 0 Å². The second-order valence-corrected chi connectivity index (χ2v) is 5.67. The van der Waals surface area contributed by atoms with Crippen LogP contribution in [-0.2, 0) is 12.6 Å². The Morgan fingerprint density at radius 2 is 1.52 bits per heavy atom. The highest BCUT2D eigenvalue weighted by Gasteiger charge is 2.29. The van der Waals surface area contributed by atoms with E-state index in [9.17, 15) is 13.2 Å². The maximum atomic E-state index is 12.5. The van der Waals surface area contributed by atoms with Crippen molar-refractivity contribution in [2.45, 2.75) is 19.0 Å². The number of nitrogens with zero attached hydrogens (tertiary/aromatic N) is 1. The minimum absolute atomic E-state index is 0.597. The molecule has 2 rings (SSSR count).